The summed E-state index contributed by atoms with van der Waals surface area (Å²) in [4.78, 5) is 13.2. The molecule has 0 fully saturated rings. The SMILES string of the molecule is Cc1ccc(S(=O)(=O)N(CC(=O)N[C@H](C)c2ccc3c(c2)CCC3)c2ccc(Cl)cc2C)cc1. The predicted octanol–water partition coefficient (Wildman–Crippen LogP) is 5.52. The van der Waals surface area contributed by atoms with Gasteiger partial charge in [0, 0.05) is 5.02 Å². The molecule has 3 aromatic carbocycles. The van der Waals surface area contributed by atoms with E-state index in [1.807, 2.05) is 19.9 Å². The number of halogens is 1. The lowest BCUT2D eigenvalue weighted by Crippen LogP contribution is -2.42. The second-order valence-electron chi connectivity index (χ2n) is 8.93. The molecular weight excluding hydrogens is 468 g/mol. The van der Waals surface area contributed by atoms with Crippen molar-refractivity contribution < 1.29 is 13.2 Å². The summed E-state index contributed by atoms with van der Waals surface area (Å²) in [5.74, 6) is -0.377. The van der Waals surface area contributed by atoms with Crippen LogP contribution in [0.2, 0.25) is 5.02 Å². The van der Waals surface area contributed by atoms with Gasteiger partial charge in [-0.15, -0.1) is 0 Å². The number of sulfonamides is 1. The smallest absolute Gasteiger partial charge is 0.264 e. The maximum atomic E-state index is 13.6. The van der Waals surface area contributed by atoms with Crippen LogP contribution in [0.3, 0.4) is 0 Å². The van der Waals surface area contributed by atoms with Gasteiger partial charge in [0.15, 0.2) is 0 Å². The number of nitrogens with one attached hydrogen (secondary N) is 1. The van der Waals surface area contributed by atoms with Crippen molar-refractivity contribution in [2.75, 3.05) is 10.8 Å². The van der Waals surface area contributed by atoms with Gasteiger partial charge in [0.25, 0.3) is 10.0 Å². The topological polar surface area (TPSA) is 66.5 Å². The number of rotatable bonds is 7. The Morgan fingerprint density at radius 3 is 2.41 bits per heavy atom. The molecule has 0 saturated carbocycles. The van der Waals surface area contributed by atoms with Gasteiger partial charge < -0.3 is 5.32 Å². The van der Waals surface area contributed by atoms with Crippen molar-refractivity contribution in [1.29, 1.82) is 0 Å². The van der Waals surface area contributed by atoms with Crippen LogP contribution in [0.5, 0.6) is 0 Å². The first kappa shape index (κ1) is 24.3. The Morgan fingerprint density at radius 2 is 1.71 bits per heavy atom. The highest BCUT2D eigenvalue weighted by Gasteiger charge is 2.29. The molecule has 5 nitrogen and oxygen atoms in total. The summed E-state index contributed by atoms with van der Waals surface area (Å²) in [5, 5.41) is 3.48. The van der Waals surface area contributed by atoms with Gasteiger partial charge in [0.05, 0.1) is 16.6 Å². The number of amides is 1. The van der Waals surface area contributed by atoms with Crippen LogP contribution < -0.4 is 9.62 Å². The van der Waals surface area contributed by atoms with Gasteiger partial charge >= 0.3 is 0 Å². The molecule has 1 amide bonds. The molecule has 0 saturated heterocycles. The Hall–Kier alpha value is -2.83. The average molecular weight is 497 g/mol. The lowest BCUT2D eigenvalue weighted by atomic mass is 10.0. The van der Waals surface area contributed by atoms with Crippen molar-refractivity contribution in [3.63, 3.8) is 0 Å². The van der Waals surface area contributed by atoms with Crippen LogP contribution in [-0.2, 0) is 27.7 Å². The van der Waals surface area contributed by atoms with E-state index in [9.17, 15) is 13.2 Å². The summed E-state index contributed by atoms with van der Waals surface area (Å²) in [7, 11) is -3.98. The summed E-state index contributed by atoms with van der Waals surface area (Å²) in [6.07, 6.45) is 3.32. The summed E-state index contributed by atoms with van der Waals surface area (Å²) in [5.41, 5.74) is 5.77. The standard InChI is InChI=1S/C27H29ClN2O3S/c1-18-7-12-25(13-8-18)34(32,33)30(26-14-11-24(28)15-19(26)2)17-27(31)29-20(3)22-10-9-21-5-4-6-23(21)16-22/h7-16,20H,4-6,17H2,1-3H3,(H,29,31)/t20-/m1/s1. The zero-order valence-corrected chi connectivity index (χ0v) is 21.2. The van der Waals surface area contributed by atoms with Crippen LogP contribution in [0.4, 0.5) is 5.69 Å². The van der Waals surface area contributed by atoms with Crippen molar-refractivity contribution in [3.05, 3.63) is 93.5 Å². The molecule has 1 atom stereocenters. The number of carbonyl (C=O) groups is 1. The van der Waals surface area contributed by atoms with Crippen molar-refractivity contribution in [2.45, 2.75) is 51.0 Å². The Bertz CT molecular complexity index is 1320. The van der Waals surface area contributed by atoms with Crippen molar-refractivity contribution >= 4 is 33.2 Å². The van der Waals surface area contributed by atoms with Crippen molar-refractivity contribution in [2.24, 2.45) is 0 Å². The van der Waals surface area contributed by atoms with E-state index in [4.69, 9.17) is 11.6 Å². The highest BCUT2D eigenvalue weighted by Crippen LogP contribution is 2.29. The first-order valence-electron chi connectivity index (χ1n) is 11.4. The summed E-state index contributed by atoms with van der Waals surface area (Å²) in [6, 6.07) is 17.7. The molecule has 0 unspecified atom stereocenters. The van der Waals surface area contributed by atoms with E-state index >= 15 is 0 Å². The van der Waals surface area contributed by atoms with Gasteiger partial charge in [-0.3, -0.25) is 9.10 Å². The van der Waals surface area contributed by atoms with Gasteiger partial charge in [-0.05, 0) is 92.6 Å². The fraction of sp³-hybridized carbons (Fsp3) is 0.296. The zero-order valence-electron chi connectivity index (χ0n) is 19.6. The lowest BCUT2D eigenvalue weighted by molar-refractivity contribution is -0.120. The summed E-state index contributed by atoms with van der Waals surface area (Å²) >= 11 is 6.11. The molecule has 4 rings (SSSR count). The van der Waals surface area contributed by atoms with E-state index in [0.29, 0.717) is 16.3 Å². The minimum absolute atomic E-state index is 0.131. The molecule has 0 aliphatic heterocycles. The van der Waals surface area contributed by atoms with E-state index in [0.717, 1.165) is 34.7 Å². The number of hydrogen-bond acceptors (Lipinski definition) is 3. The Morgan fingerprint density at radius 1 is 1.00 bits per heavy atom. The van der Waals surface area contributed by atoms with E-state index in [1.54, 1.807) is 49.4 Å². The van der Waals surface area contributed by atoms with E-state index in [2.05, 4.69) is 17.4 Å². The number of carbonyl (C=O) groups excluding carboxylic acids is 1. The minimum atomic E-state index is -3.98. The molecule has 178 valence electrons. The number of aryl methyl sites for hydroxylation is 4. The first-order valence-corrected chi connectivity index (χ1v) is 13.2. The Kier molecular flexibility index (Phi) is 7.01. The van der Waals surface area contributed by atoms with Crippen LogP contribution in [0.15, 0.2) is 65.6 Å². The third-order valence-electron chi connectivity index (χ3n) is 6.32. The van der Waals surface area contributed by atoms with E-state index in [-0.39, 0.29) is 23.4 Å². The van der Waals surface area contributed by atoms with Crippen LogP contribution in [0.25, 0.3) is 0 Å². The van der Waals surface area contributed by atoms with Gasteiger partial charge in [0.2, 0.25) is 5.91 Å². The van der Waals surface area contributed by atoms with Gasteiger partial charge in [-0.25, -0.2) is 8.42 Å². The normalized spacial score (nSPS) is 13.9. The second kappa shape index (κ2) is 9.80. The number of benzene rings is 3. The maximum Gasteiger partial charge on any atom is 0.264 e. The molecule has 3 aromatic rings. The fourth-order valence-corrected chi connectivity index (χ4v) is 6.11. The minimum Gasteiger partial charge on any atom is -0.348 e. The van der Waals surface area contributed by atoms with Gasteiger partial charge in [-0.2, -0.15) is 0 Å². The second-order valence-corrected chi connectivity index (χ2v) is 11.2. The van der Waals surface area contributed by atoms with Crippen LogP contribution in [-0.4, -0.2) is 20.9 Å². The molecule has 0 radical (unpaired) electrons. The van der Waals surface area contributed by atoms with Gasteiger partial charge in [-0.1, -0.05) is 47.5 Å². The highest BCUT2D eigenvalue weighted by atomic mass is 35.5. The lowest BCUT2D eigenvalue weighted by Gasteiger charge is -2.26. The van der Waals surface area contributed by atoms with Crippen molar-refractivity contribution in [1.82, 2.24) is 5.32 Å². The number of fused-ring (bicyclic) bond motifs is 1. The van der Waals surface area contributed by atoms with Crippen LogP contribution >= 0.6 is 11.6 Å². The van der Waals surface area contributed by atoms with Crippen molar-refractivity contribution in [3.8, 4) is 0 Å². The Labute approximate surface area is 206 Å². The molecule has 0 heterocycles. The summed E-state index contributed by atoms with van der Waals surface area (Å²) < 4.78 is 28.4. The molecule has 0 aromatic heterocycles. The summed E-state index contributed by atoms with van der Waals surface area (Å²) in [6.45, 7) is 5.25. The molecule has 0 spiro atoms. The highest BCUT2D eigenvalue weighted by molar-refractivity contribution is 7.92. The van der Waals surface area contributed by atoms with Crippen LogP contribution in [0.1, 0.15) is 47.2 Å². The Balaban J connectivity index is 1.61. The fourth-order valence-electron chi connectivity index (χ4n) is 4.40. The molecule has 1 N–H and O–H groups in total. The largest absolute Gasteiger partial charge is 0.348 e. The molecule has 7 heteroatoms. The van der Waals surface area contributed by atoms with E-state index < -0.39 is 10.0 Å². The number of hydrogen-bond donors (Lipinski definition) is 1. The van der Waals surface area contributed by atoms with Crippen LogP contribution in [0, 0.1) is 13.8 Å². The first-order chi connectivity index (χ1) is 16.1. The average Bonchev–Trinajstić information content (AvgIpc) is 3.26. The predicted molar refractivity (Wildman–Crippen MR) is 137 cm³/mol. The number of anilines is 1. The third kappa shape index (κ3) is 5.13. The zero-order chi connectivity index (χ0) is 24.5. The third-order valence-corrected chi connectivity index (χ3v) is 8.33. The molecule has 1 aliphatic carbocycles. The van der Waals surface area contributed by atoms with E-state index in [1.165, 1.54) is 11.1 Å². The molecule has 0 bridgehead atoms. The van der Waals surface area contributed by atoms with Gasteiger partial charge in [0.1, 0.15) is 6.54 Å². The number of nitrogens with zero attached hydrogens (tertiary/aromatic N) is 1. The molecular formula is C27H29ClN2O3S. The molecule has 34 heavy (non-hydrogen) atoms. The maximum absolute atomic E-state index is 13.6. The monoisotopic (exact) mass is 496 g/mol. The molecule has 1 aliphatic rings. The quantitative estimate of drug-likeness (QED) is 0.468.